The first-order chi connectivity index (χ1) is 15.9. The van der Waals surface area contributed by atoms with Gasteiger partial charge in [0.1, 0.15) is 0 Å². The zero-order valence-electron chi connectivity index (χ0n) is 17.7. The van der Waals surface area contributed by atoms with Gasteiger partial charge >= 0.3 is 0 Å². The minimum atomic E-state index is -0.185. The second-order valence-corrected chi connectivity index (χ2v) is 8.89. The van der Waals surface area contributed by atoms with Gasteiger partial charge in [-0.1, -0.05) is 52.2 Å². The van der Waals surface area contributed by atoms with E-state index in [0.29, 0.717) is 50.5 Å². The number of aliphatic hydroxyl groups excluding tert-OH is 1. The summed E-state index contributed by atoms with van der Waals surface area (Å²) in [5.41, 5.74) is 3.84. The zero-order chi connectivity index (χ0) is 23.5. The van der Waals surface area contributed by atoms with Gasteiger partial charge in [0.05, 0.1) is 39.0 Å². The van der Waals surface area contributed by atoms with Gasteiger partial charge in [0, 0.05) is 23.4 Å². The number of nitrogens with one attached hydrogen (secondary N) is 1. The van der Waals surface area contributed by atoms with Crippen LogP contribution in [0.25, 0.3) is 0 Å². The maximum Gasteiger partial charge on any atom is 0.194 e. The lowest BCUT2D eigenvalue weighted by Gasteiger charge is -2.16. The number of aliphatic hydroxyl groups is 1. The highest BCUT2D eigenvalue weighted by molar-refractivity contribution is 6.43. The lowest BCUT2D eigenvalue weighted by atomic mass is 9.98. The van der Waals surface area contributed by atoms with Crippen LogP contribution in [-0.4, -0.2) is 30.1 Å². The molecule has 0 spiro atoms. The van der Waals surface area contributed by atoms with E-state index in [2.05, 4.69) is 15.7 Å². The van der Waals surface area contributed by atoms with Gasteiger partial charge < -0.3 is 10.4 Å². The molecule has 4 rings (SSSR count). The number of aryl methyl sites for hydroxylation is 1. The molecule has 0 aromatic heterocycles. The van der Waals surface area contributed by atoms with Crippen LogP contribution in [0.1, 0.15) is 27.9 Å². The lowest BCUT2D eigenvalue weighted by Crippen LogP contribution is -2.21. The number of carbonyl (C=O) groups is 1. The number of anilines is 3. The molecule has 1 unspecified atom stereocenters. The molecule has 0 bridgehead atoms. The fourth-order valence-electron chi connectivity index (χ4n) is 3.56. The molecule has 9 heteroatoms. The Kier molecular flexibility index (Phi) is 7.20. The summed E-state index contributed by atoms with van der Waals surface area (Å²) < 4.78 is 0. The number of rotatable bonds is 7. The molecule has 0 aliphatic carbocycles. The number of hydrogen-bond donors (Lipinski definition) is 2. The van der Waals surface area contributed by atoms with Gasteiger partial charge in [-0.3, -0.25) is 4.79 Å². The summed E-state index contributed by atoms with van der Waals surface area (Å²) in [6.45, 7) is 2.49. The van der Waals surface area contributed by atoms with E-state index in [-0.39, 0.29) is 18.4 Å². The average Bonchev–Trinajstić information content (AvgIpc) is 3.26. The summed E-state index contributed by atoms with van der Waals surface area (Å²) in [6, 6.07) is 15.9. The second kappa shape index (κ2) is 10.1. The monoisotopic (exact) mass is 502 g/mol. The molecule has 0 radical (unpaired) electrons. The van der Waals surface area contributed by atoms with Gasteiger partial charge in [0.25, 0.3) is 0 Å². The molecule has 2 N–H and O–H groups in total. The first kappa shape index (κ1) is 23.5. The summed E-state index contributed by atoms with van der Waals surface area (Å²) in [5.74, 6) is -0.185. The van der Waals surface area contributed by atoms with E-state index in [9.17, 15) is 4.79 Å². The molecule has 170 valence electrons. The largest absolute Gasteiger partial charge is 0.396 e. The van der Waals surface area contributed by atoms with Crippen molar-refractivity contribution in [1.29, 1.82) is 0 Å². The second-order valence-electron chi connectivity index (χ2n) is 7.70. The van der Waals surface area contributed by atoms with Crippen molar-refractivity contribution >= 4 is 57.6 Å². The van der Waals surface area contributed by atoms with Crippen molar-refractivity contribution in [3.05, 3.63) is 86.4 Å². The lowest BCUT2D eigenvalue weighted by molar-refractivity contribution is 0.103. The quantitative estimate of drug-likeness (QED) is 0.345. The molecule has 0 saturated carbocycles. The van der Waals surface area contributed by atoms with Crippen molar-refractivity contribution in [2.24, 2.45) is 10.3 Å². The van der Waals surface area contributed by atoms with Gasteiger partial charge in [-0.15, -0.1) is 0 Å². The topological polar surface area (TPSA) is 77.3 Å². The number of nitrogens with zero attached hydrogens (tertiary/aromatic N) is 3. The molecule has 3 aromatic carbocycles. The molecule has 0 saturated heterocycles. The Balaban J connectivity index is 1.57. The highest BCUT2D eigenvalue weighted by Crippen LogP contribution is 2.33. The van der Waals surface area contributed by atoms with Gasteiger partial charge in [0.15, 0.2) is 5.78 Å². The molecule has 1 aliphatic heterocycles. The van der Waals surface area contributed by atoms with Gasteiger partial charge in [-0.25, -0.2) is 5.01 Å². The molecule has 1 atom stereocenters. The summed E-state index contributed by atoms with van der Waals surface area (Å²) in [6.07, 6.45) is 0.550. The average molecular weight is 504 g/mol. The maximum atomic E-state index is 13.3. The van der Waals surface area contributed by atoms with Crippen molar-refractivity contribution in [2.45, 2.75) is 19.4 Å². The van der Waals surface area contributed by atoms with Crippen molar-refractivity contribution in [3.63, 3.8) is 0 Å². The Morgan fingerprint density at radius 1 is 1.09 bits per heavy atom. The molecular formula is C24H21Cl3N4O2. The summed E-state index contributed by atoms with van der Waals surface area (Å²) in [5, 5.41) is 23.5. The van der Waals surface area contributed by atoms with Crippen molar-refractivity contribution in [2.75, 3.05) is 23.5 Å². The molecule has 3 aromatic rings. The predicted octanol–water partition coefficient (Wildman–Crippen LogP) is 6.87. The van der Waals surface area contributed by atoms with Crippen LogP contribution in [0.3, 0.4) is 0 Å². The van der Waals surface area contributed by atoms with Crippen LogP contribution in [0, 0.1) is 6.92 Å². The Morgan fingerprint density at radius 3 is 2.67 bits per heavy atom. The van der Waals surface area contributed by atoms with Crippen molar-refractivity contribution < 1.29 is 9.90 Å². The number of halogens is 3. The first-order valence-corrected chi connectivity index (χ1v) is 11.5. The van der Waals surface area contributed by atoms with E-state index >= 15 is 0 Å². The van der Waals surface area contributed by atoms with E-state index in [0.717, 1.165) is 11.3 Å². The molecule has 0 amide bonds. The van der Waals surface area contributed by atoms with E-state index in [1.165, 1.54) is 0 Å². The van der Waals surface area contributed by atoms with Crippen molar-refractivity contribution in [3.8, 4) is 0 Å². The summed E-state index contributed by atoms with van der Waals surface area (Å²) >= 11 is 18.8. The molecule has 0 fully saturated rings. The molecular weight excluding hydrogens is 483 g/mol. The van der Waals surface area contributed by atoms with Crippen LogP contribution in [0.5, 0.6) is 0 Å². The van der Waals surface area contributed by atoms with Gasteiger partial charge in [-0.05, 0) is 61.4 Å². The number of carbonyl (C=O) groups excluding carboxylic acids is 1. The minimum absolute atomic E-state index is 0.0575. The van der Waals surface area contributed by atoms with E-state index in [1.54, 1.807) is 47.5 Å². The number of ketones is 1. The minimum Gasteiger partial charge on any atom is -0.396 e. The van der Waals surface area contributed by atoms with Crippen LogP contribution in [-0.2, 0) is 0 Å². The van der Waals surface area contributed by atoms with Crippen LogP contribution < -0.4 is 10.3 Å². The van der Waals surface area contributed by atoms with E-state index in [1.807, 2.05) is 19.1 Å². The predicted molar refractivity (Wildman–Crippen MR) is 134 cm³/mol. The fraction of sp³-hybridized carbons (Fsp3) is 0.208. The summed E-state index contributed by atoms with van der Waals surface area (Å²) in [4.78, 5) is 13.3. The van der Waals surface area contributed by atoms with E-state index < -0.39 is 0 Å². The Hall–Kier alpha value is -2.64. The zero-order valence-corrected chi connectivity index (χ0v) is 20.0. The highest BCUT2D eigenvalue weighted by atomic mass is 35.5. The first-order valence-electron chi connectivity index (χ1n) is 10.3. The highest BCUT2D eigenvalue weighted by Gasteiger charge is 2.22. The van der Waals surface area contributed by atoms with Crippen LogP contribution in [0.15, 0.2) is 64.9 Å². The Morgan fingerprint density at radius 2 is 1.91 bits per heavy atom. The third kappa shape index (κ3) is 5.14. The Bertz CT molecular complexity index is 1230. The van der Waals surface area contributed by atoms with Crippen LogP contribution in [0.2, 0.25) is 15.1 Å². The fourth-order valence-corrected chi connectivity index (χ4v) is 4.17. The maximum absolute atomic E-state index is 13.3. The third-order valence-electron chi connectivity index (χ3n) is 5.38. The molecule has 6 nitrogen and oxygen atoms in total. The Labute approximate surface area is 206 Å². The number of hydrogen-bond acceptors (Lipinski definition) is 6. The smallest absolute Gasteiger partial charge is 0.194 e. The molecule has 33 heavy (non-hydrogen) atoms. The third-order valence-corrected chi connectivity index (χ3v) is 6.51. The normalized spacial score (nSPS) is 15.2. The van der Waals surface area contributed by atoms with E-state index in [4.69, 9.17) is 39.9 Å². The SMILES string of the molecule is Cc1ccc(N2CC(CCO)N=N2)cc1C(=O)c1ccc(Nc2cccc(Cl)c2Cl)cc1Cl. The molecule has 1 heterocycles. The van der Waals surface area contributed by atoms with Gasteiger partial charge in [-0.2, -0.15) is 5.11 Å². The van der Waals surface area contributed by atoms with Crippen molar-refractivity contribution in [1.82, 2.24) is 0 Å². The number of benzene rings is 3. The molecule has 1 aliphatic rings. The van der Waals surface area contributed by atoms with Gasteiger partial charge in [0.2, 0.25) is 0 Å². The van der Waals surface area contributed by atoms with Crippen LogP contribution in [0.4, 0.5) is 17.1 Å². The summed E-state index contributed by atoms with van der Waals surface area (Å²) in [7, 11) is 0. The standard InChI is InChI=1S/C24H21Cl3N4O2/c1-14-5-7-17(31-13-16(9-10-32)29-30-31)12-19(14)24(33)18-8-6-15(11-21(18)26)28-22-4-2-3-20(25)23(22)27/h2-8,11-12,16,28,32H,9-10,13H2,1H3. The van der Waals surface area contributed by atoms with Crippen LogP contribution >= 0.6 is 34.8 Å².